The van der Waals surface area contributed by atoms with Gasteiger partial charge >= 0.3 is 5.97 Å². The number of aromatic amines is 1. The van der Waals surface area contributed by atoms with Crippen LogP contribution in [-0.4, -0.2) is 47.3 Å². The van der Waals surface area contributed by atoms with Gasteiger partial charge in [0.2, 0.25) is 11.6 Å². The molecular formula is C16H12N6O4. The Morgan fingerprint density at radius 3 is 3.00 bits per heavy atom. The number of hydrogen-bond donors (Lipinski definition) is 1. The molecular weight excluding hydrogens is 340 g/mol. The summed E-state index contributed by atoms with van der Waals surface area (Å²) in [6.45, 7) is 1.23. The first-order valence-corrected chi connectivity index (χ1v) is 7.60. The molecule has 4 rings (SSSR count). The van der Waals surface area contributed by atoms with Crippen molar-refractivity contribution in [1.82, 2.24) is 29.0 Å². The molecule has 4 heterocycles. The lowest BCUT2D eigenvalue weighted by atomic mass is 10.3. The zero-order valence-corrected chi connectivity index (χ0v) is 13.5. The molecule has 0 amide bonds. The highest BCUT2D eigenvalue weighted by Crippen LogP contribution is 2.06. The normalized spacial score (nSPS) is 11.1. The van der Waals surface area contributed by atoms with Gasteiger partial charge in [-0.1, -0.05) is 0 Å². The summed E-state index contributed by atoms with van der Waals surface area (Å²) in [6, 6.07) is 3.32. The molecule has 0 aromatic carbocycles. The van der Waals surface area contributed by atoms with Crippen LogP contribution in [0.1, 0.15) is 26.5 Å². The minimum Gasteiger partial charge on any atom is -0.453 e. The average Bonchev–Trinajstić information content (AvgIpc) is 3.20. The molecule has 0 spiro atoms. The Kier molecular flexibility index (Phi) is 3.57. The molecule has 10 nitrogen and oxygen atoms in total. The van der Waals surface area contributed by atoms with E-state index in [-0.39, 0.29) is 11.3 Å². The monoisotopic (exact) mass is 352 g/mol. The van der Waals surface area contributed by atoms with Crippen LogP contribution in [0.5, 0.6) is 0 Å². The molecule has 0 saturated heterocycles. The van der Waals surface area contributed by atoms with E-state index in [0.717, 1.165) is 0 Å². The van der Waals surface area contributed by atoms with E-state index in [2.05, 4.69) is 20.1 Å². The van der Waals surface area contributed by atoms with Crippen molar-refractivity contribution in [2.45, 2.75) is 6.92 Å². The Bertz CT molecular complexity index is 1220. The van der Waals surface area contributed by atoms with Crippen LogP contribution >= 0.6 is 0 Å². The molecule has 0 aliphatic carbocycles. The lowest BCUT2D eigenvalue weighted by Gasteiger charge is -2.04. The molecule has 26 heavy (non-hydrogen) atoms. The molecule has 0 aliphatic rings. The van der Waals surface area contributed by atoms with E-state index in [4.69, 9.17) is 4.74 Å². The highest BCUT2D eigenvalue weighted by Gasteiger charge is 2.18. The van der Waals surface area contributed by atoms with Crippen molar-refractivity contribution in [3.05, 3.63) is 64.2 Å². The average molecular weight is 352 g/mol. The van der Waals surface area contributed by atoms with E-state index in [1.54, 1.807) is 31.5 Å². The SMILES string of the molecule is Cc1cc2[nH]c(=O)c(C(=O)OCC(=O)c3cnc4ncccn34)cn2n1. The number of aryl methyl sites for hydroxylation is 1. The smallest absolute Gasteiger partial charge is 0.345 e. The number of esters is 1. The van der Waals surface area contributed by atoms with Crippen LogP contribution < -0.4 is 5.56 Å². The van der Waals surface area contributed by atoms with Crippen LogP contribution in [0.2, 0.25) is 0 Å². The van der Waals surface area contributed by atoms with E-state index in [1.807, 2.05) is 0 Å². The Labute approximate surface area is 145 Å². The topological polar surface area (TPSA) is 124 Å². The number of Topliss-reactive ketones (excluding diaryl/α,β-unsaturated/α-hetero) is 1. The lowest BCUT2D eigenvalue weighted by Crippen LogP contribution is -2.23. The molecule has 0 aliphatic heterocycles. The number of nitrogens with one attached hydrogen (secondary N) is 1. The maximum Gasteiger partial charge on any atom is 0.345 e. The standard InChI is InChI=1S/C16H12N6O4/c1-9-5-13-19-14(24)10(7-22(13)20-9)15(25)26-8-12(23)11-6-18-16-17-3-2-4-21(11)16/h2-7H,8H2,1H3,(H,19,24). The van der Waals surface area contributed by atoms with Crippen LogP contribution in [0.25, 0.3) is 11.4 Å². The van der Waals surface area contributed by atoms with Gasteiger partial charge in [-0.25, -0.2) is 19.3 Å². The summed E-state index contributed by atoms with van der Waals surface area (Å²) in [6.07, 6.45) is 5.80. The molecule has 10 heteroatoms. The molecule has 130 valence electrons. The van der Waals surface area contributed by atoms with Gasteiger partial charge in [0.1, 0.15) is 16.9 Å². The van der Waals surface area contributed by atoms with Crippen molar-refractivity contribution in [3.8, 4) is 0 Å². The van der Waals surface area contributed by atoms with Crippen LogP contribution in [0.15, 0.2) is 41.7 Å². The van der Waals surface area contributed by atoms with Gasteiger partial charge in [0.25, 0.3) is 5.56 Å². The molecule has 4 aromatic heterocycles. The maximum absolute atomic E-state index is 12.3. The van der Waals surface area contributed by atoms with Crippen molar-refractivity contribution < 1.29 is 14.3 Å². The summed E-state index contributed by atoms with van der Waals surface area (Å²) < 4.78 is 7.84. The van der Waals surface area contributed by atoms with Gasteiger partial charge in [-0.05, 0) is 13.0 Å². The van der Waals surface area contributed by atoms with E-state index >= 15 is 0 Å². The highest BCUT2D eigenvalue weighted by atomic mass is 16.5. The van der Waals surface area contributed by atoms with Crippen LogP contribution in [0.4, 0.5) is 0 Å². The van der Waals surface area contributed by atoms with Gasteiger partial charge in [0, 0.05) is 18.5 Å². The van der Waals surface area contributed by atoms with E-state index < -0.39 is 23.9 Å². The van der Waals surface area contributed by atoms with E-state index in [9.17, 15) is 14.4 Å². The number of carbonyl (C=O) groups excluding carboxylic acids is 2. The van der Waals surface area contributed by atoms with Gasteiger partial charge in [0.15, 0.2) is 6.61 Å². The lowest BCUT2D eigenvalue weighted by molar-refractivity contribution is 0.0470. The summed E-state index contributed by atoms with van der Waals surface area (Å²) in [5, 5.41) is 4.12. The molecule has 0 unspecified atom stereocenters. The van der Waals surface area contributed by atoms with Crippen molar-refractivity contribution in [1.29, 1.82) is 0 Å². The Morgan fingerprint density at radius 1 is 1.31 bits per heavy atom. The number of ether oxygens (including phenoxy) is 1. The van der Waals surface area contributed by atoms with Crippen LogP contribution in [0.3, 0.4) is 0 Å². The minimum atomic E-state index is -0.915. The number of nitrogens with zero attached hydrogens (tertiary/aromatic N) is 5. The molecule has 0 radical (unpaired) electrons. The number of hydrogen-bond acceptors (Lipinski definition) is 7. The van der Waals surface area contributed by atoms with Gasteiger partial charge < -0.3 is 9.72 Å². The fraction of sp³-hybridized carbons (Fsp3) is 0.125. The number of imidazole rings is 1. The zero-order valence-electron chi connectivity index (χ0n) is 13.5. The van der Waals surface area contributed by atoms with E-state index in [1.165, 1.54) is 21.3 Å². The molecule has 0 fully saturated rings. The fourth-order valence-electron chi connectivity index (χ4n) is 2.54. The van der Waals surface area contributed by atoms with Crippen molar-refractivity contribution in [2.75, 3.05) is 6.61 Å². The first-order valence-electron chi connectivity index (χ1n) is 7.60. The summed E-state index contributed by atoms with van der Waals surface area (Å²) in [4.78, 5) is 47.0. The molecule has 0 bridgehead atoms. The number of carbonyl (C=O) groups is 2. The second-order valence-electron chi connectivity index (χ2n) is 5.54. The first kappa shape index (κ1) is 15.7. The number of rotatable bonds is 4. The number of aromatic nitrogens is 6. The third kappa shape index (κ3) is 2.62. The number of fused-ring (bicyclic) bond motifs is 2. The largest absolute Gasteiger partial charge is 0.453 e. The molecule has 4 aromatic rings. The molecule has 0 atom stereocenters. The van der Waals surface area contributed by atoms with Crippen molar-refractivity contribution >= 4 is 23.2 Å². The van der Waals surface area contributed by atoms with E-state index in [0.29, 0.717) is 17.1 Å². The van der Waals surface area contributed by atoms with Crippen LogP contribution in [0, 0.1) is 6.92 Å². The van der Waals surface area contributed by atoms with Crippen LogP contribution in [-0.2, 0) is 4.74 Å². The summed E-state index contributed by atoms with van der Waals surface area (Å²) in [5.74, 6) is -1.02. The van der Waals surface area contributed by atoms with Gasteiger partial charge in [-0.15, -0.1) is 0 Å². The molecule has 1 N–H and O–H groups in total. The highest BCUT2D eigenvalue weighted by molar-refractivity contribution is 5.98. The number of ketones is 1. The summed E-state index contributed by atoms with van der Waals surface area (Å²) in [7, 11) is 0. The first-order chi connectivity index (χ1) is 12.5. The number of H-pyrrole nitrogens is 1. The Balaban J connectivity index is 1.54. The predicted molar refractivity (Wildman–Crippen MR) is 88.1 cm³/mol. The molecule has 0 saturated carbocycles. The van der Waals surface area contributed by atoms with Gasteiger partial charge in [-0.3, -0.25) is 14.0 Å². The van der Waals surface area contributed by atoms with Crippen molar-refractivity contribution in [2.24, 2.45) is 0 Å². The third-order valence-corrected chi connectivity index (χ3v) is 3.72. The Morgan fingerprint density at radius 2 is 2.15 bits per heavy atom. The summed E-state index contributed by atoms with van der Waals surface area (Å²) >= 11 is 0. The quantitative estimate of drug-likeness (QED) is 0.417. The second kappa shape index (κ2) is 5.92. The predicted octanol–water partition coefficient (Wildman–Crippen LogP) is 0.413. The zero-order chi connectivity index (χ0) is 18.3. The summed E-state index contributed by atoms with van der Waals surface area (Å²) in [5.41, 5.74) is 0.510. The Hall–Kier alpha value is -3.82. The minimum absolute atomic E-state index is 0.230. The van der Waals surface area contributed by atoms with Gasteiger partial charge in [-0.2, -0.15) is 5.10 Å². The second-order valence-corrected chi connectivity index (χ2v) is 5.54. The fourth-order valence-corrected chi connectivity index (χ4v) is 2.54. The maximum atomic E-state index is 12.3. The van der Waals surface area contributed by atoms with Gasteiger partial charge in [0.05, 0.1) is 18.1 Å². The third-order valence-electron chi connectivity index (χ3n) is 3.72. The van der Waals surface area contributed by atoms with Crippen molar-refractivity contribution in [3.63, 3.8) is 0 Å².